The predicted molar refractivity (Wildman–Crippen MR) is 149 cm³/mol. The van der Waals surface area contributed by atoms with Gasteiger partial charge >= 0.3 is 6.03 Å². The van der Waals surface area contributed by atoms with Crippen LogP contribution in [0.15, 0.2) is 48.5 Å². The van der Waals surface area contributed by atoms with E-state index in [4.69, 9.17) is 4.74 Å². The van der Waals surface area contributed by atoms with Gasteiger partial charge in [0.15, 0.2) is 5.78 Å². The number of carbonyl (C=O) groups is 3. The number of hydrazine groups is 1. The Labute approximate surface area is 233 Å². The molecule has 210 valence electrons. The zero-order valence-electron chi connectivity index (χ0n) is 22.8. The Balaban J connectivity index is 1.46. The molecule has 0 bridgehead atoms. The number of hydrogen-bond donors (Lipinski definition) is 1. The van der Waals surface area contributed by atoms with Gasteiger partial charge < -0.3 is 15.0 Å². The molecule has 39 heavy (non-hydrogen) atoms. The van der Waals surface area contributed by atoms with Gasteiger partial charge in [0.05, 0.1) is 37.6 Å². The third-order valence-corrected chi connectivity index (χ3v) is 8.06. The highest BCUT2D eigenvalue weighted by atomic mass is 32.2. The molecular weight excluding hydrogens is 519 g/mol. The van der Waals surface area contributed by atoms with Gasteiger partial charge in [-0.3, -0.25) is 14.6 Å². The average molecular weight is 557 g/mol. The summed E-state index contributed by atoms with van der Waals surface area (Å²) in [5, 5.41) is 6.13. The number of urea groups is 1. The Kier molecular flexibility index (Phi) is 9.99. The molecule has 3 amide bonds. The lowest BCUT2D eigenvalue weighted by Crippen LogP contribution is -2.70. The molecule has 2 aromatic carbocycles. The van der Waals surface area contributed by atoms with Crippen molar-refractivity contribution in [3.63, 3.8) is 0 Å². The van der Waals surface area contributed by atoms with Crippen molar-refractivity contribution in [2.75, 3.05) is 45.3 Å². The van der Waals surface area contributed by atoms with E-state index in [2.05, 4.69) is 5.32 Å². The topological polar surface area (TPSA) is 82.2 Å². The number of halogens is 1. The molecule has 3 atom stereocenters. The highest BCUT2D eigenvalue weighted by molar-refractivity contribution is 7.98. The summed E-state index contributed by atoms with van der Waals surface area (Å²) in [5.41, 5.74) is 3.01. The van der Waals surface area contributed by atoms with Crippen LogP contribution in [-0.4, -0.2) is 84.0 Å². The summed E-state index contributed by atoms with van der Waals surface area (Å²) in [7, 11) is 1.72. The van der Waals surface area contributed by atoms with Gasteiger partial charge in [-0.05, 0) is 48.6 Å². The van der Waals surface area contributed by atoms with Gasteiger partial charge in [-0.1, -0.05) is 42.0 Å². The van der Waals surface area contributed by atoms with Crippen molar-refractivity contribution in [1.29, 1.82) is 0 Å². The van der Waals surface area contributed by atoms with Crippen molar-refractivity contribution < 1.29 is 23.5 Å². The van der Waals surface area contributed by atoms with Gasteiger partial charge in [0.1, 0.15) is 5.82 Å². The molecule has 2 fully saturated rings. The predicted octanol–water partition coefficient (Wildman–Crippen LogP) is 3.49. The van der Waals surface area contributed by atoms with E-state index in [9.17, 15) is 18.8 Å². The number of aryl methyl sites for hydroxylation is 1. The molecule has 2 aliphatic rings. The van der Waals surface area contributed by atoms with Crippen molar-refractivity contribution in [2.45, 2.75) is 32.5 Å². The summed E-state index contributed by atoms with van der Waals surface area (Å²) in [4.78, 5) is 42.0. The van der Waals surface area contributed by atoms with E-state index in [1.807, 2.05) is 37.4 Å². The second-order valence-electron chi connectivity index (χ2n) is 10.2. The molecule has 0 aliphatic carbocycles. The largest absolute Gasteiger partial charge is 0.375 e. The Morgan fingerprint density at radius 1 is 1.10 bits per heavy atom. The van der Waals surface area contributed by atoms with Crippen LogP contribution in [0.4, 0.5) is 9.18 Å². The summed E-state index contributed by atoms with van der Waals surface area (Å²) >= 11 is 1.64. The third kappa shape index (κ3) is 7.17. The number of likely N-dealkylation sites (tertiary alicyclic amines) is 1. The monoisotopic (exact) mass is 556 g/mol. The number of hydrogen-bond acceptors (Lipinski definition) is 6. The van der Waals surface area contributed by atoms with E-state index in [0.29, 0.717) is 26.2 Å². The number of Topliss-reactive ketones (excluding diaryl/α,β-unsaturated/α-hetero) is 1. The van der Waals surface area contributed by atoms with Crippen LogP contribution in [0.3, 0.4) is 0 Å². The molecular formula is C29H37FN4O4S. The fraction of sp³-hybridized carbons (Fsp3) is 0.483. The lowest BCUT2D eigenvalue weighted by Gasteiger charge is -2.52. The standard InChI is InChI=1S/C29H37FN4O4S/c1-20-4-6-22(7-5-20)19-38-14-13-33-17-25-27(24(28(33)36)12-15-39-3)26(35)18-32(2)34(25)29(37)31-16-21-8-10-23(30)11-9-21/h4-11,24-25,27H,12-19H2,1-3H3,(H,31,37)/t24-,25+,27?/m1/s1. The first kappa shape index (κ1) is 29.0. The fourth-order valence-corrected chi connectivity index (χ4v) is 5.87. The summed E-state index contributed by atoms with van der Waals surface area (Å²) in [6.07, 6.45) is 2.55. The number of piperidine rings is 1. The minimum absolute atomic E-state index is 0.0141. The van der Waals surface area contributed by atoms with Crippen LogP contribution in [0.25, 0.3) is 0 Å². The molecule has 0 aromatic heterocycles. The van der Waals surface area contributed by atoms with Crippen molar-refractivity contribution >= 4 is 29.5 Å². The van der Waals surface area contributed by atoms with E-state index < -0.39 is 17.9 Å². The molecule has 4 rings (SSSR count). The second-order valence-corrected chi connectivity index (χ2v) is 11.2. The molecule has 2 aliphatic heterocycles. The molecule has 0 radical (unpaired) electrons. The number of benzene rings is 2. The van der Waals surface area contributed by atoms with E-state index in [1.165, 1.54) is 17.7 Å². The minimum Gasteiger partial charge on any atom is -0.375 e. The molecule has 1 N–H and O–H groups in total. The molecule has 2 heterocycles. The smallest absolute Gasteiger partial charge is 0.332 e. The first-order chi connectivity index (χ1) is 18.8. The summed E-state index contributed by atoms with van der Waals surface area (Å²) in [6, 6.07) is 13.2. The van der Waals surface area contributed by atoms with Crippen LogP contribution in [-0.2, 0) is 27.5 Å². The Morgan fingerprint density at radius 2 is 1.79 bits per heavy atom. The molecule has 2 aromatic rings. The molecule has 10 heteroatoms. The maximum absolute atomic E-state index is 13.6. The average Bonchev–Trinajstić information content (AvgIpc) is 2.91. The van der Waals surface area contributed by atoms with Gasteiger partial charge in [-0.2, -0.15) is 11.8 Å². The second kappa shape index (κ2) is 13.4. The number of ketones is 1. The molecule has 0 spiro atoms. The van der Waals surface area contributed by atoms with Crippen LogP contribution in [0, 0.1) is 24.6 Å². The van der Waals surface area contributed by atoms with Crippen molar-refractivity contribution in [3.8, 4) is 0 Å². The summed E-state index contributed by atoms with van der Waals surface area (Å²) in [5.74, 6) is -0.692. The maximum atomic E-state index is 13.6. The fourth-order valence-electron chi connectivity index (χ4n) is 5.38. The molecule has 1 unspecified atom stereocenters. The first-order valence-corrected chi connectivity index (χ1v) is 14.6. The lowest BCUT2D eigenvalue weighted by atomic mass is 9.75. The van der Waals surface area contributed by atoms with Crippen LogP contribution in [0.1, 0.15) is 23.1 Å². The molecule has 0 saturated carbocycles. The van der Waals surface area contributed by atoms with E-state index in [0.717, 1.165) is 16.9 Å². The van der Waals surface area contributed by atoms with Gasteiger partial charge in [0.25, 0.3) is 0 Å². The highest BCUT2D eigenvalue weighted by Gasteiger charge is 2.52. The first-order valence-electron chi connectivity index (χ1n) is 13.2. The number of ether oxygens (including phenoxy) is 1. The van der Waals surface area contributed by atoms with Gasteiger partial charge in [0.2, 0.25) is 5.91 Å². The van der Waals surface area contributed by atoms with Crippen LogP contribution in [0.5, 0.6) is 0 Å². The number of rotatable bonds is 10. The number of fused-ring (bicyclic) bond motifs is 1. The molecule has 2 saturated heterocycles. The number of thioether (sulfide) groups is 1. The van der Waals surface area contributed by atoms with Crippen LogP contribution < -0.4 is 5.32 Å². The van der Waals surface area contributed by atoms with Gasteiger partial charge in [-0.25, -0.2) is 14.2 Å². The number of nitrogens with one attached hydrogen (secondary N) is 1. The van der Waals surface area contributed by atoms with E-state index in [1.54, 1.807) is 45.9 Å². The quantitative estimate of drug-likeness (QED) is 0.452. The van der Waals surface area contributed by atoms with Crippen LogP contribution in [0.2, 0.25) is 0 Å². The normalized spacial score (nSPS) is 21.7. The Hall–Kier alpha value is -2.95. The summed E-state index contributed by atoms with van der Waals surface area (Å²) in [6.45, 7) is 3.76. The van der Waals surface area contributed by atoms with E-state index in [-0.39, 0.29) is 43.2 Å². The lowest BCUT2D eigenvalue weighted by molar-refractivity contribution is -0.166. The number of likely N-dealkylation sites (N-methyl/N-ethyl adjacent to an activating group) is 1. The van der Waals surface area contributed by atoms with Gasteiger partial charge in [0, 0.05) is 26.7 Å². The zero-order valence-corrected chi connectivity index (χ0v) is 23.6. The van der Waals surface area contributed by atoms with Crippen molar-refractivity contribution in [1.82, 2.24) is 20.2 Å². The Bertz CT molecular complexity index is 1150. The number of amides is 3. The van der Waals surface area contributed by atoms with Crippen molar-refractivity contribution in [2.24, 2.45) is 11.8 Å². The Morgan fingerprint density at radius 3 is 2.49 bits per heavy atom. The van der Waals surface area contributed by atoms with Gasteiger partial charge in [-0.15, -0.1) is 0 Å². The molecule has 8 nitrogen and oxygen atoms in total. The third-order valence-electron chi connectivity index (χ3n) is 7.42. The SMILES string of the molecule is CSCC[C@H]1C(=O)N(CCOCc2ccc(C)cc2)C[C@H]2C1C(=O)CN(C)N2C(=O)NCc1ccc(F)cc1. The van der Waals surface area contributed by atoms with Crippen molar-refractivity contribution in [3.05, 3.63) is 71.0 Å². The summed E-state index contributed by atoms with van der Waals surface area (Å²) < 4.78 is 19.2. The highest BCUT2D eigenvalue weighted by Crippen LogP contribution is 2.35. The number of nitrogens with zero attached hydrogens (tertiary/aromatic N) is 3. The number of carbonyl (C=O) groups excluding carboxylic acids is 3. The minimum atomic E-state index is -0.554. The maximum Gasteiger partial charge on any atom is 0.332 e. The zero-order chi connectivity index (χ0) is 27.9. The van der Waals surface area contributed by atoms with E-state index >= 15 is 0 Å². The van der Waals surface area contributed by atoms with Crippen LogP contribution >= 0.6 is 11.8 Å².